The first-order chi connectivity index (χ1) is 13.0. The van der Waals surface area contributed by atoms with Gasteiger partial charge in [0.25, 0.3) is 0 Å². The molecule has 0 radical (unpaired) electrons. The molecule has 1 aromatic heterocycles. The first-order valence-electron chi connectivity index (χ1n) is 9.36. The van der Waals surface area contributed by atoms with E-state index in [0.29, 0.717) is 29.2 Å². The number of fused-ring (bicyclic) bond motifs is 1. The zero-order chi connectivity index (χ0) is 19.0. The van der Waals surface area contributed by atoms with Crippen LogP contribution in [0.4, 0.5) is 14.7 Å². The van der Waals surface area contributed by atoms with Crippen molar-refractivity contribution in [3.63, 3.8) is 0 Å². The Morgan fingerprint density at radius 2 is 1.78 bits per heavy atom. The monoisotopic (exact) mass is 372 g/mol. The largest absolute Gasteiger partial charge is 0.338 e. The number of hydrogen-bond donors (Lipinski definition) is 0. The topological polar surface area (TPSA) is 49.3 Å². The highest BCUT2D eigenvalue weighted by atomic mass is 19.1. The molecule has 5 nitrogen and oxygen atoms in total. The van der Waals surface area contributed by atoms with Crippen LogP contribution in [-0.4, -0.2) is 53.4 Å². The van der Waals surface area contributed by atoms with Gasteiger partial charge in [0.1, 0.15) is 11.6 Å². The molecule has 1 aliphatic carbocycles. The molecule has 2 heterocycles. The molecule has 0 amide bonds. The van der Waals surface area contributed by atoms with E-state index in [2.05, 4.69) is 26.7 Å². The molecular weight excluding hydrogens is 350 g/mol. The van der Waals surface area contributed by atoms with E-state index in [4.69, 9.17) is 0 Å². The summed E-state index contributed by atoms with van der Waals surface area (Å²) in [5.41, 5.74) is 1.70. The van der Waals surface area contributed by atoms with Crippen molar-refractivity contribution in [1.82, 2.24) is 14.9 Å². The minimum atomic E-state index is -0.625. The lowest BCUT2D eigenvalue weighted by Gasteiger charge is -2.34. The van der Waals surface area contributed by atoms with E-state index in [1.165, 1.54) is 12.1 Å². The third-order valence-corrected chi connectivity index (χ3v) is 5.49. The van der Waals surface area contributed by atoms with Gasteiger partial charge in [-0.2, -0.15) is 0 Å². The summed E-state index contributed by atoms with van der Waals surface area (Å²) in [4.78, 5) is 26.1. The van der Waals surface area contributed by atoms with Crippen LogP contribution < -0.4 is 4.90 Å². The molecule has 27 heavy (non-hydrogen) atoms. The average molecular weight is 372 g/mol. The molecule has 1 aliphatic heterocycles. The molecule has 1 atom stereocenters. The number of rotatable bonds is 3. The second-order valence-corrected chi connectivity index (χ2v) is 7.18. The summed E-state index contributed by atoms with van der Waals surface area (Å²) in [5.74, 6) is -0.965. The summed E-state index contributed by atoms with van der Waals surface area (Å²) >= 11 is 0. The second kappa shape index (κ2) is 7.31. The molecule has 1 unspecified atom stereocenters. The van der Waals surface area contributed by atoms with Crippen LogP contribution in [0.2, 0.25) is 0 Å². The number of piperazine rings is 1. The van der Waals surface area contributed by atoms with Crippen LogP contribution in [-0.2, 0) is 6.42 Å². The van der Waals surface area contributed by atoms with Crippen molar-refractivity contribution >= 4 is 11.7 Å². The van der Waals surface area contributed by atoms with E-state index in [-0.39, 0.29) is 18.1 Å². The van der Waals surface area contributed by atoms with Gasteiger partial charge >= 0.3 is 0 Å². The Balaban J connectivity index is 1.58. The fourth-order valence-corrected chi connectivity index (χ4v) is 3.90. The maximum Gasteiger partial charge on any atom is 0.225 e. The number of aromatic nitrogens is 2. The minimum absolute atomic E-state index is 0.0757. The van der Waals surface area contributed by atoms with Gasteiger partial charge in [-0.3, -0.25) is 4.79 Å². The lowest BCUT2D eigenvalue weighted by Crippen LogP contribution is -2.46. The zero-order valence-corrected chi connectivity index (χ0v) is 15.3. The molecular formula is C20H22F2N4O. The van der Waals surface area contributed by atoms with Crippen molar-refractivity contribution in [2.24, 2.45) is 0 Å². The molecule has 1 saturated heterocycles. The number of carbonyl (C=O) groups excluding carboxylic acids is 1. The Morgan fingerprint density at radius 1 is 1.07 bits per heavy atom. The zero-order valence-electron chi connectivity index (χ0n) is 15.3. The van der Waals surface area contributed by atoms with Crippen LogP contribution in [0.3, 0.4) is 0 Å². The van der Waals surface area contributed by atoms with Crippen molar-refractivity contribution in [3.05, 3.63) is 52.9 Å². The Bertz CT molecular complexity index is 845. The normalized spacial score (nSPS) is 20.6. The van der Waals surface area contributed by atoms with E-state index in [1.54, 1.807) is 6.20 Å². The van der Waals surface area contributed by atoms with Crippen molar-refractivity contribution < 1.29 is 13.6 Å². The van der Waals surface area contributed by atoms with Crippen LogP contribution >= 0.6 is 0 Å². The average Bonchev–Trinajstić information content (AvgIpc) is 2.67. The van der Waals surface area contributed by atoms with Crippen molar-refractivity contribution in [2.45, 2.75) is 25.7 Å². The van der Waals surface area contributed by atoms with Gasteiger partial charge in [-0.05, 0) is 36.6 Å². The van der Waals surface area contributed by atoms with Crippen molar-refractivity contribution in [3.8, 4) is 0 Å². The third-order valence-electron chi connectivity index (χ3n) is 5.49. The first kappa shape index (κ1) is 18.0. The van der Waals surface area contributed by atoms with Crippen LogP contribution in [0.25, 0.3) is 0 Å². The van der Waals surface area contributed by atoms with Crippen LogP contribution in [0.1, 0.15) is 40.9 Å². The maximum atomic E-state index is 13.6. The minimum Gasteiger partial charge on any atom is -0.338 e. The van der Waals surface area contributed by atoms with Crippen LogP contribution in [0.5, 0.6) is 0 Å². The second-order valence-electron chi connectivity index (χ2n) is 7.18. The molecule has 7 heteroatoms. The van der Waals surface area contributed by atoms with E-state index in [0.717, 1.165) is 38.8 Å². The first-order valence-corrected chi connectivity index (χ1v) is 9.36. The Morgan fingerprint density at radius 3 is 2.44 bits per heavy atom. The molecule has 0 N–H and O–H groups in total. The van der Waals surface area contributed by atoms with E-state index in [9.17, 15) is 13.6 Å². The number of benzene rings is 1. The van der Waals surface area contributed by atoms with Crippen molar-refractivity contribution in [2.75, 3.05) is 37.6 Å². The summed E-state index contributed by atoms with van der Waals surface area (Å²) in [5, 5.41) is 0. The standard InChI is InChI=1S/C20H22F2N4O/c1-2-25-3-5-26(6-4-25)20-23-12-17-18(24-20)9-14(10-19(17)27)13-7-15(21)11-16(22)8-13/h7-8,11-12,14H,2-6,9-10H2,1H3. The molecule has 1 aromatic carbocycles. The predicted molar refractivity (Wildman–Crippen MR) is 98.1 cm³/mol. The Kier molecular flexibility index (Phi) is 4.86. The summed E-state index contributed by atoms with van der Waals surface area (Å²) < 4.78 is 27.2. The predicted octanol–water partition coefficient (Wildman–Crippen LogP) is 2.81. The van der Waals surface area contributed by atoms with E-state index < -0.39 is 11.6 Å². The highest BCUT2D eigenvalue weighted by Crippen LogP contribution is 2.33. The highest BCUT2D eigenvalue weighted by molar-refractivity contribution is 5.98. The quantitative estimate of drug-likeness (QED) is 0.829. The highest BCUT2D eigenvalue weighted by Gasteiger charge is 2.29. The molecule has 1 fully saturated rings. The van der Waals surface area contributed by atoms with E-state index in [1.807, 2.05) is 0 Å². The Hall–Kier alpha value is -2.41. The molecule has 0 bridgehead atoms. The molecule has 0 saturated carbocycles. The number of carbonyl (C=O) groups is 1. The molecule has 2 aromatic rings. The fraction of sp³-hybridized carbons (Fsp3) is 0.450. The summed E-state index contributed by atoms with van der Waals surface area (Å²) in [6.07, 6.45) is 2.30. The number of hydrogen-bond acceptors (Lipinski definition) is 5. The maximum absolute atomic E-state index is 13.6. The van der Waals surface area contributed by atoms with Gasteiger partial charge < -0.3 is 9.80 Å². The van der Waals surface area contributed by atoms with Gasteiger partial charge in [-0.1, -0.05) is 6.92 Å². The number of nitrogens with zero attached hydrogens (tertiary/aromatic N) is 4. The Labute approximate surface area is 157 Å². The summed E-state index contributed by atoms with van der Waals surface area (Å²) in [7, 11) is 0. The van der Waals surface area contributed by atoms with Crippen molar-refractivity contribution in [1.29, 1.82) is 0 Å². The van der Waals surface area contributed by atoms with Gasteiger partial charge in [0.15, 0.2) is 5.78 Å². The fourth-order valence-electron chi connectivity index (χ4n) is 3.90. The smallest absolute Gasteiger partial charge is 0.225 e. The lowest BCUT2D eigenvalue weighted by molar-refractivity contribution is 0.0962. The SMILES string of the molecule is CCN1CCN(c2ncc3c(n2)CC(c2cc(F)cc(F)c2)CC3=O)CC1. The van der Waals surface area contributed by atoms with Gasteiger partial charge in [0, 0.05) is 44.9 Å². The summed E-state index contributed by atoms with van der Waals surface area (Å²) in [6, 6.07) is 3.45. The lowest BCUT2D eigenvalue weighted by atomic mass is 9.82. The van der Waals surface area contributed by atoms with Crippen LogP contribution in [0, 0.1) is 11.6 Å². The third kappa shape index (κ3) is 3.69. The van der Waals surface area contributed by atoms with Gasteiger partial charge in [0.05, 0.1) is 11.3 Å². The number of halogens is 2. The van der Waals surface area contributed by atoms with Gasteiger partial charge in [-0.25, -0.2) is 18.7 Å². The molecule has 142 valence electrons. The van der Waals surface area contributed by atoms with Gasteiger partial charge in [-0.15, -0.1) is 0 Å². The molecule has 2 aliphatic rings. The van der Waals surface area contributed by atoms with Gasteiger partial charge in [0.2, 0.25) is 5.95 Å². The summed E-state index contributed by atoms with van der Waals surface area (Å²) in [6.45, 7) is 6.78. The molecule has 4 rings (SSSR count). The number of likely N-dealkylation sites (N-methyl/N-ethyl adjacent to an activating group) is 1. The van der Waals surface area contributed by atoms with E-state index >= 15 is 0 Å². The number of anilines is 1. The number of Topliss-reactive ketones (excluding diaryl/α,β-unsaturated/α-hetero) is 1. The molecule has 0 spiro atoms. The van der Waals surface area contributed by atoms with Crippen LogP contribution in [0.15, 0.2) is 24.4 Å². The number of ketones is 1.